The number of aromatic nitrogens is 1. The van der Waals surface area contributed by atoms with E-state index in [1.165, 1.54) is 31.4 Å². The van der Waals surface area contributed by atoms with Crippen molar-refractivity contribution < 1.29 is 4.42 Å². The van der Waals surface area contributed by atoms with Gasteiger partial charge in [0.1, 0.15) is 6.26 Å². The van der Waals surface area contributed by atoms with Crippen LogP contribution in [0.3, 0.4) is 0 Å². The van der Waals surface area contributed by atoms with Crippen LogP contribution in [0.2, 0.25) is 0 Å². The van der Waals surface area contributed by atoms with Gasteiger partial charge >= 0.3 is 0 Å². The minimum Gasteiger partial charge on any atom is -0.444 e. The Morgan fingerprint density at radius 2 is 2.10 bits per heavy atom. The Labute approximate surface area is 127 Å². The van der Waals surface area contributed by atoms with Crippen LogP contribution in [0.15, 0.2) is 34.9 Å². The molecule has 0 bridgehead atoms. The first-order valence-corrected chi connectivity index (χ1v) is 7.99. The van der Waals surface area contributed by atoms with E-state index in [1.54, 1.807) is 0 Å². The SMILES string of the molecule is CCCN(Cc1coc(-c2ccccc2C)n1)CC1CC1. The summed E-state index contributed by atoms with van der Waals surface area (Å²) in [6.07, 6.45) is 5.80. The second kappa shape index (κ2) is 6.44. The number of aryl methyl sites for hydroxylation is 1. The predicted octanol–water partition coefficient (Wildman–Crippen LogP) is 4.27. The van der Waals surface area contributed by atoms with Gasteiger partial charge in [0.2, 0.25) is 5.89 Å². The average molecular weight is 284 g/mol. The quantitative estimate of drug-likeness (QED) is 0.760. The Balaban J connectivity index is 1.70. The molecule has 1 aromatic carbocycles. The zero-order valence-electron chi connectivity index (χ0n) is 13.0. The zero-order chi connectivity index (χ0) is 14.7. The first-order valence-electron chi connectivity index (χ1n) is 7.99. The van der Waals surface area contributed by atoms with E-state index in [1.807, 2.05) is 18.4 Å². The topological polar surface area (TPSA) is 29.3 Å². The van der Waals surface area contributed by atoms with Gasteiger partial charge in [0.25, 0.3) is 0 Å². The molecule has 1 aromatic heterocycles. The lowest BCUT2D eigenvalue weighted by atomic mass is 10.1. The molecule has 0 N–H and O–H groups in total. The summed E-state index contributed by atoms with van der Waals surface area (Å²) in [6, 6.07) is 8.23. The van der Waals surface area contributed by atoms with Gasteiger partial charge in [-0.15, -0.1) is 0 Å². The van der Waals surface area contributed by atoms with E-state index in [4.69, 9.17) is 4.42 Å². The lowest BCUT2D eigenvalue weighted by molar-refractivity contribution is 0.252. The molecule has 0 saturated heterocycles. The number of nitrogens with zero attached hydrogens (tertiary/aromatic N) is 2. The molecule has 0 amide bonds. The van der Waals surface area contributed by atoms with Crippen LogP contribution in [-0.2, 0) is 6.54 Å². The van der Waals surface area contributed by atoms with E-state index in [-0.39, 0.29) is 0 Å². The molecule has 1 fully saturated rings. The van der Waals surface area contributed by atoms with Crippen molar-refractivity contribution in [3.8, 4) is 11.5 Å². The third-order valence-electron chi connectivity index (χ3n) is 4.07. The standard InChI is InChI=1S/C18H24N2O/c1-3-10-20(11-15-8-9-15)12-16-13-21-18(19-16)17-7-5-4-6-14(17)2/h4-7,13,15H,3,8-12H2,1-2H3. The summed E-state index contributed by atoms with van der Waals surface area (Å²) < 4.78 is 5.69. The van der Waals surface area contributed by atoms with Gasteiger partial charge in [-0.25, -0.2) is 4.98 Å². The summed E-state index contributed by atoms with van der Waals surface area (Å²) in [5.41, 5.74) is 3.34. The molecule has 3 rings (SSSR count). The normalized spacial score (nSPS) is 14.8. The highest BCUT2D eigenvalue weighted by Crippen LogP contribution is 2.30. The van der Waals surface area contributed by atoms with Crippen molar-refractivity contribution in [3.63, 3.8) is 0 Å². The van der Waals surface area contributed by atoms with E-state index < -0.39 is 0 Å². The average Bonchev–Trinajstić information content (AvgIpc) is 3.16. The molecule has 0 spiro atoms. The van der Waals surface area contributed by atoms with E-state index in [2.05, 4.69) is 35.9 Å². The monoisotopic (exact) mass is 284 g/mol. The minimum absolute atomic E-state index is 0.742. The maximum absolute atomic E-state index is 5.69. The second-order valence-electron chi connectivity index (χ2n) is 6.14. The van der Waals surface area contributed by atoms with Gasteiger partial charge in [-0.2, -0.15) is 0 Å². The van der Waals surface area contributed by atoms with Crippen molar-refractivity contribution in [1.29, 1.82) is 0 Å². The highest BCUT2D eigenvalue weighted by molar-refractivity contribution is 5.58. The maximum atomic E-state index is 5.69. The number of benzene rings is 1. The molecule has 2 aromatic rings. The van der Waals surface area contributed by atoms with Crippen molar-refractivity contribution in [2.24, 2.45) is 5.92 Å². The maximum Gasteiger partial charge on any atom is 0.226 e. The molecule has 1 saturated carbocycles. The summed E-state index contributed by atoms with van der Waals surface area (Å²) >= 11 is 0. The Bertz CT molecular complexity index is 586. The molecule has 112 valence electrons. The van der Waals surface area contributed by atoms with Crippen LogP contribution in [0.25, 0.3) is 11.5 Å². The number of hydrogen-bond acceptors (Lipinski definition) is 3. The highest BCUT2D eigenvalue weighted by Gasteiger charge is 2.24. The largest absolute Gasteiger partial charge is 0.444 e. The van der Waals surface area contributed by atoms with Gasteiger partial charge in [-0.3, -0.25) is 4.90 Å². The summed E-state index contributed by atoms with van der Waals surface area (Å²) in [5.74, 6) is 1.66. The smallest absolute Gasteiger partial charge is 0.226 e. The minimum atomic E-state index is 0.742. The summed E-state index contributed by atoms with van der Waals surface area (Å²) in [5, 5.41) is 0. The molecule has 0 radical (unpaired) electrons. The molecule has 3 nitrogen and oxygen atoms in total. The van der Waals surface area contributed by atoms with Crippen LogP contribution >= 0.6 is 0 Å². The Kier molecular flexibility index (Phi) is 4.39. The third kappa shape index (κ3) is 3.73. The third-order valence-corrected chi connectivity index (χ3v) is 4.07. The van der Waals surface area contributed by atoms with E-state index >= 15 is 0 Å². The summed E-state index contributed by atoms with van der Waals surface area (Å²) in [4.78, 5) is 7.19. The highest BCUT2D eigenvalue weighted by atomic mass is 16.3. The molecule has 1 aliphatic rings. The van der Waals surface area contributed by atoms with Crippen LogP contribution in [-0.4, -0.2) is 23.0 Å². The van der Waals surface area contributed by atoms with E-state index in [0.717, 1.165) is 36.2 Å². The van der Waals surface area contributed by atoms with Gasteiger partial charge in [0.15, 0.2) is 0 Å². The molecule has 1 heterocycles. The van der Waals surface area contributed by atoms with Crippen LogP contribution in [0, 0.1) is 12.8 Å². The van der Waals surface area contributed by atoms with Crippen molar-refractivity contribution >= 4 is 0 Å². The molecule has 0 aliphatic heterocycles. The number of hydrogen-bond donors (Lipinski definition) is 0. The molecule has 1 aliphatic carbocycles. The number of rotatable bonds is 7. The molecule has 0 atom stereocenters. The lowest BCUT2D eigenvalue weighted by Crippen LogP contribution is -2.26. The van der Waals surface area contributed by atoms with Gasteiger partial charge in [-0.05, 0) is 50.3 Å². The fraction of sp³-hybridized carbons (Fsp3) is 0.500. The fourth-order valence-electron chi connectivity index (χ4n) is 2.76. The predicted molar refractivity (Wildman–Crippen MR) is 85.0 cm³/mol. The first kappa shape index (κ1) is 14.3. The molecule has 3 heteroatoms. The van der Waals surface area contributed by atoms with Crippen LogP contribution in [0.5, 0.6) is 0 Å². The first-order chi connectivity index (χ1) is 10.3. The van der Waals surface area contributed by atoms with Crippen molar-refractivity contribution in [2.45, 2.75) is 39.7 Å². The zero-order valence-corrected chi connectivity index (χ0v) is 13.0. The fourth-order valence-corrected chi connectivity index (χ4v) is 2.76. The van der Waals surface area contributed by atoms with E-state index in [9.17, 15) is 0 Å². The van der Waals surface area contributed by atoms with Crippen molar-refractivity contribution in [3.05, 3.63) is 41.8 Å². The Morgan fingerprint density at radius 1 is 1.29 bits per heavy atom. The molecule has 0 unspecified atom stereocenters. The Hall–Kier alpha value is -1.61. The molecule has 21 heavy (non-hydrogen) atoms. The number of oxazole rings is 1. The summed E-state index contributed by atoms with van der Waals surface area (Å²) in [6.45, 7) is 7.58. The van der Waals surface area contributed by atoms with Crippen molar-refractivity contribution in [2.75, 3.05) is 13.1 Å². The lowest BCUT2D eigenvalue weighted by Gasteiger charge is -2.19. The van der Waals surface area contributed by atoms with E-state index in [0.29, 0.717) is 0 Å². The summed E-state index contributed by atoms with van der Waals surface area (Å²) in [7, 11) is 0. The van der Waals surface area contributed by atoms with Gasteiger partial charge < -0.3 is 4.42 Å². The van der Waals surface area contributed by atoms with Gasteiger partial charge in [-0.1, -0.05) is 25.1 Å². The molecular weight excluding hydrogens is 260 g/mol. The van der Waals surface area contributed by atoms with Crippen LogP contribution in [0.4, 0.5) is 0 Å². The van der Waals surface area contributed by atoms with Crippen LogP contribution < -0.4 is 0 Å². The second-order valence-corrected chi connectivity index (χ2v) is 6.14. The van der Waals surface area contributed by atoms with Gasteiger partial charge in [0, 0.05) is 18.7 Å². The molecular formula is C18H24N2O. The van der Waals surface area contributed by atoms with Crippen LogP contribution in [0.1, 0.15) is 37.4 Å². The van der Waals surface area contributed by atoms with Crippen molar-refractivity contribution in [1.82, 2.24) is 9.88 Å². The Morgan fingerprint density at radius 3 is 2.81 bits per heavy atom. The van der Waals surface area contributed by atoms with Gasteiger partial charge in [0.05, 0.1) is 5.69 Å².